The van der Waals surface area contributed by atoms with Gasteiger partial charge in [0.05, 0.1) is 28.5 Å². The molecule has 15 heteroatoms. The number of allylic oxidation sites excluding steroid dienone is 1. The standard InChI is InChI=1S/C25H19Br2ClF9NO2/c1-12(8-15(39)6-7-23(29,30)31)38-22(40)16-4-2-13(9-18(16)25(35,36)37)3-5-17(24(32,33)34)14-10-19(26)21(28)20(27)11-14/h2-5,9-12,17H,6-8H2,1H3,(H,38,40)/b5-3+/t12-,17?/m1/s1. The third-order valence-electron chi connectivity index (χ3n) is 5.39. The Morgan fingerprint density at radius 3 is 2.05 bits per heavy atom. The topological polar surface area (TPSA) is 46.2 Å². The number of ketones is 1. The minimum atomic E-state index is -5.09. The van der Waals surface area contributed by atoms with E-state index in [-0.39, 0.29) is 25.1 Å². The summed E-state index contributed by atoms with van der Waals surface area (Å²) in [5, 5.41) is 2.26. The molecule has 2 atom stereocenters. The lowest BCUT2D eigenvalue weighted by Crippen LogP contribution is -2.35. The van der Waals surface area contributed by atoms with Crippen LogP contribution < -0.4 is 5.32 Å². The first kappa shape index (κ1) is 34.1. The highest BCUT2D eigenvalue weighted by Gasteiger charge is 2.40. The number of Topliss-reactive ketones (excluding diaryl/α,β-unsaturated/α-hetero) is 1. The molecular weight excluding hydrogens is 713 g/mol. The maximum absolute atomic E-state index is 13.8. The van der Waals surface area contributed by atoms with Crippen molar-refractivity contribution >= 4 is 61.2 Å². The predicted molar refractivity (Wildman–Crippen MR) is 138 cm³/mol. The fourth-order valence-corrected chi connectivity index (χ4v) is 4.88. The number of nitrogens with one attached hydrogen (secondary N) is 1. The molecule has 0 fully saturated rings. The summed E-state index contributed by atoms with van der Waals surface area (Å²) < 4.78 is 120. The number of carbonyl (C=O) groups is 2. The van der Waals surface area contributed by atoms with Crippen molar-refractivity contribution in [2.24, 2.45) is 0 Å². The van der Waals surface area contributed by atoms with E-state index in [0.717, 1.165) is 30.3 Å². The summed E-state index contributed by atoms with van der Waals surface area (Å²) in [5.41, 5.74) is -2.88. The SMILES string of the molecule is C[C@H](CC(=O)CCC(F)(F)F)NC(=O)c1ccc(/C=C/C(c2cc(Br)c(Cl)c(Br)c2)C(F)(F)F)cc1C(F)(F)F. The maximum atomic E-state index is 13.8. The smallest absolute Gasteiger partial charge is 0.349 e. The molecule has 1 unspecified atom stereocenters. The van der Waals surface area contributed by atoms with E-state index in [2.05, 4.69) is 37.2 Å². The molecular formula is C25H19Br2ClF9NO2. The van der Waals surface area contributed by atoms with Crippen molar-refractivity contribution in [3.63, 3.8) is 0 Å². The second kappa shape index (κ2) is 13.3. The Morgan fingerprint density at radius 1 is 0.975 bits per heavy atom. The van der Waals surface area contributed by atoms with Gasteiger partial charge in [0, 0.05) is 27.8 Å². The molecule has 40 heavy (non-hydrogen) atoms. The fraction of sp³-hybridized carbons (Fsp3) is 0.360. The Balaban J connectivity index is 2.31. The van der Waals surface area contributed by atoms with E-state index in [1.54, 1.807) is 0 Å². The highest BCUT2D eigenvalue weighted by Crippen LogP contribution is 2.41. The monoisotopic (exact) mass is 729 g/mol. The van der Waals surface area contributed by atoms with E-state index in [9.17, 15) is 49.1 Å². The molecule has 0 aromatic heterocycles. The number of hydrogen-bond acceptors (Lipinski definition) is 2. The summed E-state index contributed by atoms with van der Waals surface area (Å²) in [5.74, 6) is -4.32. The Bertz CT molecular complexity index is 1250. The van der Waals surface area contributed by atoms with Crippen molar-refractivity contribution in [3.8, 4) is 0 Å². The van der Waals surface area contributed by atoms with Crippen LogP contribution in [-0.4, -0.2) is 30.1 Å². The molecule has 0 aliphatic heterocycles. The normalized spacial score (nSPS) is 14.3. The summed E-state index contributed by atoms with van der Waals surface area (Å²) in [7, 11) is 0. The molecule has 220 valence electrons. The first-order valence-electron chi connectivity index (χ1n) is 11.2. The average molecular weight is 732 g/mol. The van der Waals surface area contributed by atoms with E-state index >= 15 is 0 Å². The van der Waals surface area contributed by atoms with E-state index in [0.29, 0.717) is 12.1 Å². The van der Waals surface area contributed by atoms with Crippen LogP contribution in [0.2, 0.25) is 5.02 Å². The molecule has 0 spiro atoms. The van der Waals surface area contributed by atoms with Crippen molar-refractivity contribution < 1.29 is 49.1 Å². The first-order valence-corrected chi connectivity index (χ1v) is 13.2. The molecule has 0 aliphatic rings. The summed E-state index contributed by atoms with van der Waals surface area (Å²) >= 11 is 12.0. The Labute approximate surface area is 244 Å². The number of carbonyl (C=O) groups excluding carboxylic acids is 2. The van der Waals surface area contributed by atoms with Crippen molar-refractivity contribution in [2.75, 3.05) is 0 Å². The quantitative estimate of drug-likeness (QED) is 0.206. The number of halogens is 12. The zero-order chi connectivity index (χ0) is 30.6. The van der Waals surface area contributed by atoms with Gasteiger partial charge in [-0.1, -0.05) is 29.8 Å². The number of benzene rings is 2. The van der Waals surface area contributed by atoms with Crippen molar-refractivity contribution in [3.05, 3.63) is 72.6 Å². The van der Waals surface area contributed by atoms with E-state index in [1.165, 1.54) is 6.92 Å². The minimum Gasteiger partial charge on any atom is -0.349 e. The van der Waals surface area contributed by atoms with Crippen LogP contribution in [0.1, 0.15) is 59.2 Å². The molecule has 0 saturated heterocycles. The molecule has 2 rings (SSSR count). The lowest BCUT2D eigenvalue weighted by molar-refractivity contribution is -0.143. The lowest BCUT2D eigenvalue weighted by Gasteiger charge is -2.19. The zero-order valence-electron chi connectivity index (χ0n) is 20.2. The molecule has 0 saturated carbocycles. The van der Waals surface area contributed by atoms with Gasteiger partial charge in [0.2, 0.25) is 0 Å². The molecule has 0 bridgehead atoms. The van der Waals surface area contributed by atoms with Crippen molar-refractivity contribution in [1.29, 1.82) is 0 Å². The number of alkyl halides is 9. The predicted octanol–water partition coefficient (Wildman–Crippen LogP) is 9.66. The van der Waals surface area contributed by atoms with Crippen molar-refractivity contribution in [1.82, 2.24) is 5.32 Å². The van der Waals surface area contributed by atoms with Crippen LogP contribution in [0.15, 0.2) is 45.4 Å². The van der Waals surface area contributed by atoms with Crippen LogP contribution in [0.4, 0.5) is 39.5 Å². The minimum absolute atomic E-state index is 0.123. The third kappa shape index (κ3) is 10.1. The molecule has 3 nitrogen and oxygen atoms in total. The largest absolute Gasteiger partial charge is 0.417 e. The summed E-state index contributed by atoms with van der Waals surface area (Å²) in [6.07, 6.45) is -15.7. The van der Waals surface area contributed by atoms with Gasteiger partial charge >= 0.3 is 18.5 Å². The highest BCUT2D eigenvalue weighted by molar-refractivity contribution is 9.11. The summed E-state index contributed by atoms with van der Waals surface area (Å²) in [6, 6.07) is 3.42. The van der Waals surface area contributed by atoms with Gasteiger partial charge in [0.15, 0.2) is 0 Å². The van der Waals surface area contributed by atoms with Crippen LogP contribution >= 0.6 is 43.5 Å². The Hall–Kier alpha value is -2.06. The first-order chi connectivity index (χ1) is 18.2. The number of hydrogen-bond donors (Lipinski definition) is 1. The van der Waals surface area contributed by atoms with Gasteiger partial charge in [0.1, 0.15) is 5.78 Å². The second-order valence-electron chi connectivity index (χ2n) is 8.71. The van der Waals surface area contributed by atoms with Gasteiger partial charge in [-0.05, 0) is 74.2 Å². The van der Waals surface area contributed by atoms with E-state index < -0.39 is 72.6 Å². The molecule has 0 radical (unpaired) electrons. The zero-order valence-corrected chi connectivity index (χ0v) is 24.1. The van der Waals surface area contributed by atoms with Crippen LogP contribution in [-0.2, 0) is 11.0 Å². The Kier molecular flexibility index (Phi) is 11.3. The van der Waals surface area contributed by atoms with Crippen LogP contribution in [0.3, 0.4) is 0 Å². The number of amides is 1. The molecule has 1 amide bonds. The maximum Gasteiger partial charge on any atom is 0.417 e. The lowest BCUT2D eigenvalue weighted by atomic mass is 9.96. The van der Waals surface area contributed by atoms with Gasteiger partial charge in [0.25, 0.3) is 5.91 Å². The Morgan fingerprint density at radius 2 is 1.55 bits per heavy atom. The van der Waals surface area contributed by atoms with Crippen LogP contribution in [0.5, 0.6) is 0 Å². The van der Waals surface area contributed by atoms with Gasteiger partial charge in [-0.25, -0.2) is 0 Å². The van der Waals surface area contributed by atoms with Gasteiger partial charge in [-0.15, -0.1) is 0 Å². The van der Waals surface area contributed by atoms with Crippen molar-refractivity contribution in [2.45, 2.75) is 56.7 Å². The second-order valence-corrected chi connectivity index (χ2v) is 10.8. The molecule has 2 aromatic rings. The highest BCUT2D eigenvalue weighted by atomic mass is 79.9. The van der Waals surface area contributed by atoms with E-state index in [4.69, 9.17) is 11.6 Å². The summed E-state index contributed by atoms with van der Waals surface area (Å²) in [6.45, 7) is 1.23. The molecule has 0 heterocycles. The summed E-state index contributed by atoms with van der Waals surface area (Å²) in [4.78, 5) is 24.2. The fourth-order valence-electron chi connectivity index (χ4n) is 3.55. The van der Waals surface area contributed by atoms with E-state index in [1.807, 2.05) is 0 Å². The third-order valence-corrected chi connectivity index (χ3v) is 7.51. The number of rotatable bonds is 9. The van der Waals surface area contributed by atoms with Gasteiger partial charge in [-0.2, -0.15) is 39.5 Å². The average Bonchev–Trinajstić information content (AvgIpc) is 2.79. The van der Waals surface area contributed by atoms with Crippen LogP contribution in [0, 0.1) is 0 Å². The molecule has 2 aromatic carbocycles. The van der Waals surface area contributed by atoms with Gasteiger partial charge < -0.3 is 5.32 Å². The molecule has 0 aliphatic carbocycles. The van der Waals surface area contributed by atoms with Crippen LogP contribution in [0.25, 0.3) is 6.08 Å². The van der Waals surface area contributed by atoms with Gasteiger partial charge in [-0.3, -0.25) is 9.59 Å². The molecule has 1 N–H and O–H groups in total.